The van der Waals surface area contributed by atoms with Gasteiger partial charge < -0.3 is 30.2 Å². The van der Waals surface area contributed by atoms with Crippen LogP contribution >= 0.6 is 0 Å². The summed E-state index contributed by atoms with van der Waals surface area (Å²) in [6.07, 6.45) is 4.91. The Bertz CT molecular complexity index is 1600. The highest BCUT2D eigenvalue weighted by Gasteiger charge is 2.55. The smallest absolute Gasteiger partial charge is 0.317 e. The number of nitrogens with two attached hydrogens (primary N) is 1. The Labute approximate surface area is 239 Å². The van der Waals surface area contributed by atoms with Crippen molar-refractivity contribution in [1.29, 1.82) is 0 Å². The van der Waals surface area contributed by atoms with Gasteiger partial charge in [0, 0.05) is 43.5 Å². The van der Waals surface area contributed by atoms with Crippen LogP contribution in [0.15, 0.2) is 61.1 Å². The summed E-state index contributed by atoms with van der Waals surface area (Å²) in [5.74, 6) is -0.922. The molecule has 1 amide bonds. The third-order valence-corrected chi connectivity index (χ3v) is 7.22. The van der Waals surface area contributed by atoms with Gasteiger partial charge in [-0.05, 0) is 55.0 Å². The molecule has 1 saturated heterocycles. The number of imidazole rings is 1. The fourth-order valence-electron chi connectivity index (χ4n) is 4.47. The van der Waals surface area contributed by atoms with Gasteiger partial charge in [0.15, 0.2) is 11.4 Å². The lowest BCUT2D eigenvalue weighted by Crippen LogP contribution is -2.47. The maximum Gasteiger partial charge on any atom is 0.317 e. The molecule has 12 nitrogen and oxygen atoms in total. The minimum Gasteiger partial charge on any atom is -0.448 e. The van der Waals surface area contributed by atoms with Crippen LogP contribution in [0.3, 0.4) is 0 Å². The number of esters is 1. The zero-order valence-electron chi connectivity index (χ0n) is 22.7. The third-order valence-electron chi connectivity index (χ3n) is 7.22. The van der Waals surface area contributed by atoms with Gasteiger partial charge in [0.25, 0.3) is 5.91 Å². The van der Waals surface area contributed by atoms with E-state index in [2.05, 4.69) is 25.3 Å². The zero-order valence-corrected chi connectivity index (χ0v) is 22.7. The van der Waals surface area contributed by atoms with Crippen molar-refractivity contribution in [2.24, 2.45) is 11.1 Å². The summed E-state index contributed by atoms with van der Waals surface area (Å²) in [6.45, 7) is 2.06. The maximum atomic E-state index is 13.7. The topological polar surface area (TPSA) is 167 Å². The average molecular weight is 574 g/mol. The highest BCUT2D eigenvalue weighted by molar-refractivity contribution is 5.90. The lowest BCUT2D eigenvalue weighted by molar-refractivity contribution is -0.240. The summed E-state index contributed by atoms with van der Waals surface area (Å²) in [4.78, 5) is 45.5. The van der Waals surface area contributed by atoms with Crippen molar-refractivity contribution < 1.29 is 28.2 Å². The molecule has 4 heterocycles. The Morgan fingerprint density at radius 1 is 1.07 bits per heavy atom. The van der Waals surface area contributed by atoms with Crippen LogP contribution in [0.4, 0.5) is 10.3 Å². The number of ether oxygens (including phenoxy) is 3. The number of pyridine rings is 1. The van der Waals surface area contributed by atoms with Gasteiger partial charge in [-0.3, -0.25) is 14.6 Å². The summed E-state index contributed by atoms with van der Waals surface area (Å²) in [6, 6.07) is 11.4. The highest BCUT2D eigenvalue weighted by Crippen LogP contribution is 2.42. The van der Waals surface area contributed by atoms with E-state index < -0.39 is 29.2 Å². The zero-order chi connectivity index (χ0) is 29.3. The lowest BCUT2D eigenvalue weighted by Gasteiger charge is -2.35. The fourth-order valence-corrected chi connectivity index (χ4v) is 4.47. The molecule has 216 valence electrons. The normalized spacial score (nSPS) is 21.0. The number of benzene rings is 1. The van der Waals surface area contributed by atoms with Crippen LogP contribution in [0.25, 0.3) is 22.6 Å². The molecule has 2 aliphatic rings. The minimum absolute atomic E-state index is 0.0379. The van der Waals surface area contributed by atoms with E-state index in [1.54, 1.807) is 43.7 Å². The number of halogens is 1. The van der Waals surface area contributed by atoms with E-state index in [9.17, 15) is 14.0 Å². The molecule has 1 aliphatic heterocycles. The molecule has 1 aliphatic carbocycles. The number of primary amides is 1. The van der Waals surface area contributed by atoms with Crippen LogP contribution in [0, 0.1) is 11.2 Å². The van der Waals surface area contributed by atoms with E-state index in [0.717, 1.165) is 5.56 Å². The van der Waals surface area contributed by atoms with Crippen molar-refractivity contribution in [1.82, 2.24) is 24.9 Å². The van der Waals surface area contributed by atoms with E-state index in [0.29, 0.717) is 53.8 Å². The number of amides is 1. The van der Waals surface area contributed by atoms with Crippen molar-refractivity contribution in [2.45, 2.75) is 38.2 Å². The molecule has 0 atom stereocenters. The number of anilines is 1. The van der Waals surface area contributed by atoms with Crippen LogP contribution < -0.4 is 11.1 Å². The van der Waals surface area contributed by atoms with Crippen LogP contribution in [0.2, 0.25) is 0 Å². The second-order valence-corrected chi connectivity index (χ2v) is 10.6. The first-order valence-corrected chi connectivity index (χ1v) is 13.3. The van der Waals surface area contributed by atoms with Gasteiger partial charge in [0.2, 0.25) is 12.2 Å². The molecule has 13 heteroatoms. The fraction of sp³-hybridized carbons (Fsp3) is 0.310. The van der Waals surface area contributed by atoms with Gasteiger partial charge in [-0.1, -0.05) is 0 Å². The minimum atomic E-state index is -1.24. The largest absolute Gasteiger partial charge is 0.448 e. The number of hydrogen-bond donors (Lipinski definition) is 3. The molecule has 0 radical (unpaired) electrons. The lowest BCUT2D eigenvalue weighted by atomic mass is 9.92. The van der Waals surface area contributed by atoms with Crippen molar-refractivity contribution in [3.63, 3.8) is 0 Å². The molecule has 0 spiro atoms. The molecule has 3 aromatic heterocycles. The Morgan fingerprint density at radius 2 is 1.79 bits per heavy atom. The molecule has 42 heavy (non-hydrogen) atoms. The standard InChI is InChI=1S/C29H28FN7O5/c1-28(26(39)42-29(9-10-29)25(31)38)15-40-24(41-16-28)23-36-21(18-2-4-19(30)5-3-18)22(37-23)20-8-13-33-27(35-20)34-14-17-6-11-32-12-7-17/h2-8,11-13,24H,9-10,14-16H2,1H3,(H2,31,38)(H,36,37)(H,33,34,35). The van der Waals surface area contributed by atoms with Crippen LogP contribution in [-0.2, 0) is 30.3 Å². The summed E-state index contributed by atoms with van der Waals surface area (Å²) >= 11 is 0. The molecule has 0 unspecified atom stereocenters. The molecule has 4 aromatic rings. The van der Waals surface area contributed by atoms with E-state index in [-0.39, 0.29) is 19.0 Å². The molecule has 4 N–H and O–H groups in total. The number of carbonyl (C=O) groups is 2. The van der Waals surface area contributed by atoms with Crippen molar-refractivity contribution in [2.75, 3.05) is 18.5 Å². The first kappa shape index (κ1) is 27.4. The van der Waals surface area contributed by atoms with Gasteiger partial charge in [0.1, 0.15) is 11.2 Å². The number of aromatic amines is 1. The first-order valence-electron chi connectivity index (χ1n) is 13.3. The Kier molecular flexibility index (Phi) is 7.12. The Morgan fingerprint density at radius 3 is 2.45 bits per heavy atom. The van der Waals surface area contributed by atoms with E-state index >= 15 is 0 Å². The maximum absolute atomic E-state index is 13.7. The van der Waals surface area contributed by atoms with Crippen molar-refractivity contribution >= 4 is 17.8 Å². The van der Waals surface area contributed by atoms with E-state index in [1.807, 2.05) is 12.1 Å². The predicted molar refractivity (Wildman–Crippen MR) is 147 cm³/mol. The SMILES string of the molecule is CC1(C(=O)OC2(C(N)=O)CC2)COC(c2nc(-c3ccc(F)cc3)c(-c3ccnc(NCc4ccncc4)n3)[nH]2)OC1. The number of nitrogens with one attached hydrogen (secondary N) is 2. The van der Waals surface area contributed by atoms with Gasteiger partial charge in [-0.25, -0.2) is 19.3 Å². The van der Waals surface area contributed by atoms with Gasteiger partial charge >= 0.3 is 5.97 Å². The molecule has 0 bridgehead atoms. The summed E-state index contributed by atoms with van der Waals surface area (Å²) < 4.78 is 31.0. The number of rotatable bonds is 9. The first-order chi connectivity index (χ1) is 20.2. The second kappa shape index (κ2) is 10.9. The van der Waals surface area contributed by atoms with Crippen molar-refractivity contribution in [3.05, 3.63) is 78.3 Å². The number of carbonyl (C=O) groups excluding carboxylic acids is 2. The van der Waals surface area contributed by atoms with E-state index in [1.165, 1.54) is 12.1 Å². The molecule has 2 fully saturated rings. The average Bonchev–Trinajstić information content (AvgIpc) is 3.66. The number of nitrogens with zero attached hydrogens (tertiary/aromatic N) is 4. The van der Waals surface area contributed by atoms with Crippen molar-refractivity contribution in [3.8, 4) is 22.6 Å². The predicted octanol–water partition coefficient (Wildman–Crippen LogP) is 3.29. The monoisotopic (exact) mass is 573 g/mol. The second-order valence-electron chi connectivity index (χ2n) is 10.6. The third kappa shape index (κ3) is 5.56. The van der Waals surface area contributed by atoms with Gasteiger partial charge in [-0.15, -0.1) is 0 Å². The van der Waals surface area contributed by atoms with Gasteiger partial charge in [-0.2, -0.15) is 0 Å². The van der Waals surface area contributed by atoms with Gasteiger partial charge in [0.05, 0.1) is 30.3 Å². The molecule has 1 aromatic carbocycles. The summed E-state index contributed by atoms with van der Waals surface area (Å²) in [5.41, 5.74) is 6.26. The quantitative estimate of drug-likeness (QED) is 0.253. The molecular weight excluding hydrogens is 545 g/mol. The van der Waals surface area contributed by atoms with E-state index in [4.69, 9.17) is 24.9 Å². The van der Waals surface area contributed by atoms with Crippen LogP contribution in [0.5, 0.6) is 0 Å². The van der Waals surface area contributed by atoms with Crippen LogP contribution in [-0.4, -0.2) is 55.6 Å². The number of H-pyrrole nitrogens is 1. The number of aromatic nitrogens is 5. The molecule has 1 saturated carbocycles. The summed E-state index contributed by atoms with van der Waals surface area (Å²) in [7, 11) is 0. The molecular formula is C29H28FN7O5. The Balaban J connectivity index is 1.24. The number of hydrogen-bond acceptors (Lipinski definition) is 10. The van der Waals surface area contributed by atoms with Crippen LogP contribution in [0.1, 0.15) is 37.4 Å². The Hall–Kier alpha value is -4.75. The molecule has 6 rings (SSSR count). The summed E-state index contributed by atoms with van der Waals surface area (Å²) in [5, 5.41) is 3.20. The highest BCUT2D eigenvalue weighted by atomic mass is 19.1.